The Labute approximate surface area is 128 Å². The zero-order valence-electron chi connectivity index (χ0n) is 13.8. The highest BCUT2D eigenvalue weighted by Gasteiger charge is 2.50. The standard InChI is InChI=1S/C17H30N2O2/c1-4-14-15(20)18-17(10-6-5-7-11-17)16(21)19(14)12-8-9-13(2)3/h13-14H,4-12H2,1-3H3,(H,18,20). The molecule has 0 radical (unpaired) electrons. The van der Waals surface area contributed by atoms with Gasteiger partial charge in [0.25, 0.3) is 0 Å². The molecule has 2 fully saturated rings. The van der Waals surface area contributed by atoms with Crippen LogP contribution in [0.5, 0.6) is 0 Å². The Morgan fingerprint density at radius 2 is 1.90 bits per heavy atom. The third kappa shape index (κ3) is 3.41. The van der Waals surface area contributed by atoms with Crippen LogP contribution in [0, 0.1) is 5.92 Å². The van der Waals surface area contributed by atoms with Crippen LogP contribution >= 0.6 is 0 Å². The number of nitrogens with zero attached hydrogens (tertiary/aromatic N) is 1. The molecule has 1 heterocycles. The Bertz CT molecular complexity index is 386. The lowest BCUT2D eigenvalue weighted by atomic mass is 9.78. The van der Waals surface area contributed by atoms with E-state index in [0.29, 0.717) is 12.3 Å². The zero-order chi connectivity index (χ0) is 15.5. The van der Waals surface area contributed by atoms with Crippen molar-refractivity contribution in [1.82, 2.24) is 10.2 Å². The molecule has 4 nitrogen and oxygen atoms in total. The summed E-state index contributed by atoms with van der Waals surface area (Å²) in [7, 11) is 0. The lowest BCUT2D eigenvalue weighted by Crippen LogP contribution is -2.70. The maximum Gasteiger partial charge on any atom is 0.249 e. The number of amides is 2. The van der Waals surface area contributed by atoms with E-state index in [0.717, 1.165) is 45.1 Å². The first-order valence-corrected chi connectivity index (χ1v) is 8.63. The molecule has 2 amide bonds. The molecule has 1 spiro atoms. The van der Waals surface area contributed by atoms with Gasteiger partial charge in [-0.05, 0) is 38.0 Å². The predicted molar refractivity (Wildman–Crippen MR) is 83.8 cm³/mol. The summed E-state index contributed by atoms with van der Waals surface area (Å²) in [5.41, 5.74) is -0.584. The summed E-state index contributed by atoms with van der Waals surface area (Å²) in [5, 5.41) is 3.08. The quantitative estimate of drug-likeness (QED) is 0.847. The molecule has 0 aromatic heterocycles. The molecule has 0 aromatic carbocycles. The first-order valence-electron chi connectivity index (χ1n) is 8.63. The Morgan fingerprint density at radius 3 is 2.48 bits per heavy atom. The third-order valence-corrected chi connectivity index (χ3v) is 4.99. The van der Waals surface area contributed by atoms with Gasteiger partial charge in [-0.25, -0.2) is 0 Å². The van der Waals surface area contributed by atoms with Crippen LogP contribution in [0.2, 0.25) is 0 Å². The smallest absolute Gasteiger partial charge is 0.249 e. The van der Waals surface area contributed by atoms with Gasteiger partial charge in [0, 0.05) is 6.54 Å². The van der Waals surface area contributed by atoms with E-state index in [9.17, 15) is 9.59 Å². The van der Waals surface area contributed by atoms with Crippen LogP contribution in [-0.2, 0) is 9.59 Å². The molecule has 1 aliphatic heterocycles. The summed E-state index contributed by atoms with van der Waals surface area (Å²) < 4.78 is 0. The molecule has 120 valence electrons. The average Bonchev–Trinajstić information content (AvgIpc) is 2.45. The van der Waals surface area contributed by atoms with Crippen molar-refractivity contribution >= 4 is 11.8 Å². The van der Waals surface area contributed by atoms with Crippen molar-refractivity contribution in [2.75, 3.05) is 6.54 Å². The normalized spacial score (nSPS) is 25.5. The van der Waals surface area contributed by atoms with Crippen molar-refractivity contribution in [3.8, 4) is 0 Å². The summed E-state index contributed by atoms with van der Waals surface area (Å²) >= 11 is 0. The molecule has 1 N–H and O–H groups in total. The first kappa shape index (κ1) is 16.3. The molecule has 0 bridgehead atoms. The molecule has 1 saturated carbocycles. The Morgan fingerprint density at radius 1 is 1.24 bits per heavy atom. The predicted octanol–water partition coefficient (Wildman–Crippen LogP) is 2.86. The highest BCUT2D eigenvalue weighted by atomic mass is 16.2. The maximum atomic E-state index is 13.0. The summed E-state index contributed by atoms with van der Waals surface area (Å²) in [6, 6.07) is -0.266. The second kappa shape index (κ2) is 6.80. The lowest BCUT2D eigenvalue weighted by molar-refractivity contribution is -0.157. The van der Waals surface area contributed by atoms with Gasteiger partial charge in [0.15, 0.2) is 0 Å². The number of hydrogen-bond donors (Lipinski definition) is 1. The second-order valence-electron chi connectivity index (χ2n) is 7.09. The fraction of sp³-hybridized carbons (Fsp3) is 0.882. The lowest BCUT2D eigenvalue weighted by Gasteiger charge is -2.47. The summed E-state index contributed by atoms with van der Waals surface area (Å²) in [4.78, 5) is 27.3. The summed E-state index contributed by atoms with van der Waals surface area (Å²) in [5.74, 6) is 0.878. The molecule has 1 saturated heterocycles. The van der Waals surface area contributed by atoms with Crippen molar-refractivity contribution in [2.24, 2.45) is 5.92 Å². The molecule has 1 atom stereocenters. The van der Waals surface area contributed by atoms with Crippen LogP contribution in [0.4, 0.5) is 0 Å². The Kier molecular flexibility index (Phi) is 5.28. The third-order valence-electron chi connectivity index (χ3n) is 4.99. The maximum absolute atomic E-state index is 13.0. The fourth-order valence-electron chi connectivity index (χ4n) is 3.76. The van der Waals surface area contributed by atoms with Crippen LogP contribution in [0.25, 0.3) is 0 Å². The Hall–Kier alpha value is -1.06. The monoisotopic (exact) mass is 294 g/mol. The number of rotatable bonds is 5. The van der Waals surface area contributed by atoms with Gasteiger partial charge < -0.3 is 10.2 Å². The average molecular weight is 294 g/mol. The number of piperazine rings is 1. The van der Waals surface area contributed by atoms with E-state index in [-0.39, 0.29) is 17.9 Å². The van der Waals surface area contributed by atoms with E-state index < -0.39 is 5.54 Å². The topological polar surface area (TPSA) is 49.4 Å². The highest BCUT2D eigenvalue weighted by molar-refractivity contribution is 5.99. The van der Waals surface area contributed by atoms with Crippen molar-refractivity contribution in [3.63, 3.8) is 0 Å². The van der Waals surface area contributed by atoms with E-state index in [1.807, 2.05) is 11.8 Å². The minimum absolute atomic E-state index is 0.0588. The number of hydrogen-bond acceptors (Lipinski definition) is 2. The van der Waals surface area contributed by atoms with Gasteiger partial charge in [-0.2, -0.15) is 0 Å². The van der Waals surface area contributed by atoms with E-state index >= 15 is 0 Å². The van der Waals surface area contributed by atoms with Crippen LogP contribution in [0.15, 0.2) is 0 Å². The molecular formula is C17H30N2O2. The van der Waals surface area contributed by atoms with E-state index in [4.69, 9.17) is 0 Å². The van der Waals surface area contributed by atoms with E-state index in [1.54, 1.807) is 0 Å². The van der Waals surface area contributed by atoms with Gasteiger partial charge in [-0.1, -0.05) is 40.0 Å². The van der Waals surface area contributed by atoms with Gasteiger partial charge >= 0.3 is 0 Å². The van der Waals surface area contributed by atoms with Gasteiger partial charge in [0.1, 0.15) is 11.6 Å². The Balaban J connectivity index is 2.12. The minimum Gasteiger partial charge on any atom is -0.340 e. The molecule has 2 aliphatic rings. The molecular weight excluding hydrogens is 264 g/mol. The van der Waals surface area contributed by atoms with Crippen molar-refractivity contribution in [3.05, 3.63) is 0 Å². The van der Waals surface area contributed by atoms with Crippen molar-refractivity contribution < 1.29 is 9.59 Å². The van der Waals surface area contributed by atoms with E-state index in [1.165, 1.54) is 6.42 Å². The summed E-state index contributed by atoms with van der Waals surface area (Å²) in [6.45, 7) is 7.12. The molecule has 4 heteroatoms. The first-order chi connectivity index (χ1) is 10.00. The number of carbonyl (C=O) groups is 2. The fourth-order valence-corrected chi connectivity index (χ4v) is 3.76. The minimum atomic E-state index is -0.584. The van der Waals surface area contributed by atoms with Crippen LogP contribution < -0.4 is 5.32 Å². The molecule has 2 rings (SSSR count). The molecule has 0 aromatic rings. The second-order valence-corrected chi connectivity index (χ2v) is 7.09. The van der Waals surface area contributed by atoms with Gasteiger partial charge in [-0.3, -0.25) is 9.59 Å². The van der Waals surface area contributed by atoms with Crippen LogP contribution in [0.3, 0.4) is 0 Å². The SMILES string of the molecule is CCC1C(=O)NC2(CCCCC2)C(=O)N1CCCC(C)C. The molecule has 1 aliphatic carbocycles. The zero-order valence-corrected chi connectivity index (χ0v) is 13.8. The number of nitrogens with one attached hydrogen (secondary N) is 1. The van der Waals surface area contributed by atoms with Crippen LogP contribution in [0.1, 0.15) is 72.1 Å². The van der Waals surface area contributed by atoms with Crippen molar-refractivity contribution in [1.29, 1.82) is 0 Å². The van der Waals surface area contributed by atoms with E-state index in [2.05, 4.69) is 19.2 Å². The van der Waals surface area contributed by atoms with Gasteiger partial charge in [0.2, 0.25) is 11.8 Å². The van der Waals surface area contributed by atoms with Gasteiger partial charge in [0.05, 0.1) is 0 Å². The van der Waals surface area contributed by atoms with Crippen molar-refractivity contribution in [2.45, 2.75) is 83.7 Å². The van der Waals surface area contributed by atoms with Crippen LogP contribution in [-0.4, -0.2) is 34.8 Å². The molecule has 1 unspecified atom stereocenters. The molecule has 21 heavy (non-hydrogen) atoms. The summed E-state index contributed by atoms with van der Waals surface area (Å²) in [6.07, 6.45) is 7.69. The highest BCUT2D eigenvalue weighted by Crippen LogP contribution is 2.34. The number of carbonyl (C=O) groups excluding carboxylic acids is 2. The van der Waals surface area contributed by atoms with Gasteiger partial charge in [-0.15, -0.1) is 0 Å². The largest absolute Gasteiger partial charge is 0.340 e.